The first-order valence-corrected chi connectivity index (χ1v) is 7.19. The van der Waals surface area contributed by atoms with E-state index in [0.29, 0.717) is 0 Å². The molecule has 94 valence electrons. The van der Waals surface area contributed by atoms with Crippen molar-refractivity contribution in [2.75, 3.05) is 19.6 Å². The van der Waals surface area contributed by atoms with Gasteiger partial charge in [-0.15, -0.1) is 0 Å². The molecule has 2 nitrogen and oxygen atoms in total. The van der Waals surface area contributed by atoms with Gasteiger partial charge in [-0.05, 0) is 44.1 Å². The highest BCUT2D eigenvalue weighted by Gasteiger charge is 2.34. The molecule has 0 aromatic heterocycles. The van der Waals surface area contributed by atoms with E-state index in [9.17, 15) is 0 Å². The minimum absolute atomic E-state index is 0.763. The first-order chi connectivity index (χ1) is 7.72. The van der Waals surface area contributed by atoms with E-state index in [-0.39, 0.29) is 0 Å². The summed E-state index contributed by atoms with van der Waals surface area (Å²) in [7, 11) is 0. The van der Waals surface area contributed by atoms with Crippen molar-refractivity contribution in [1.29, 1.82) is 0 Å². The maximum Gasteiger partial charge on any atom is 0.0124 e. The molecule has 0 aromatic rings. The van der Waals surface area contributed by atoms with Gasteiger partial charge in [0.1, 0.15) is 0 Å². The van der Waals surface area contributed by atoms with Crippen LogP contribution >= 0.6 is 0 Å². The van der Waals surface area contributed by atoms with Gasteiger partial charge in [0, 0.05) is 25.2 Å². The molecule has 2 rings (SSSR count). The molecule has 1 aliphatic heterocycles. The molecule has 0 spiro atoms. The molecule has 2 fully saturated rings. The van der Waals surface area contributed by atoms with Gasteiger partial charge in [0.2, 0.25) is 0 Å². The van der Waals surface area contributed by atoms with Crippen molar-refractivity contribution < 1.29 is 0 Å². The Morgan fingerprint density at radius 3 is 2.56 bits per heavy atom. The summed E-state index contributed by atoms with van der Waals surface area (Å²) in [4.78, 5) is 2.76. The quantitative estimate of drug-likeness (QED) is 0.775. The summed E-state index contributed by atoms with van der Waals surface area (Å²) in [6.45, 7) is 10.9. The molecule has 1 N–H and O–H groups in total. The predicted octanol–water partition coefficient (Wildman–Crippen LogP) is 2.49. The second-order valence-corrected chi connectivity index (χ2v) is 5.87. The SMILES string of the molecule is CCC1CCN(C2CCC(C)C2C)CCN1. The molecule has 16 heavy (non-hydrogen) atoms. The second-order valence-electron chi connectivity index (χ2n) is 5.87. The molecule has 1 saturated heterocycles. The number of hydrogen-bond donors (Lipinski definition) is 1. The van der Waals surface area contributed by atoms with Gasteiger partial charge in [0.25, 0.3) is 0 Å². The zero-order chi connectivity index (χ0) is 11.5. The number of nitrogens with zero attached hydrogens (tertiary/aromatic N) is 1. The first-order valence-electron chi connectivity index (χ1n) is 7.19. The van der Waals surface area contributed by atoms with E-state index in [1.165, 1.54) is 45.3 Å². The Kier molecular flexibility index (Phi) is 4.26. The lowest BCUT2D eigenvalue weighted by Gasteiger charge is -2.31. The van der Waals surface area contributed by atoms with Crippen LogP contribution in [0.4, 0.5) is 0 Å². The summed E-state index contributed by atoms with van der Waals surface area (Å²) in [5.41, 5.74) is 0. The van der Waals surface area contributed by atoms with Gasteiger partial charge in [-0.1, -0.05) is 20.8 Å². The third-order valence-corrected chi connectivity index (χ3v) is 4.98. The van der Waals surface area contributed by atoms with Crippen LogP contribution in [0.1, 0.15) is 46.5 Å². The summed E-state index contributed by atoms with van der Waals surface area (Å²) < 4.78 is 0. The molecule has 1 heterocycles. The van der Waals surface area contributed by atoms with Crippen LogP contribution in [0.5, 0.6) is 0 Å². The van der Waals surface area contributed by atoms with Crippen LogP contribution in [0, 0.1) is 11.8 Å². The highest BCUT2D eigenvalue weighted by atomic mass is 15.2. The summed E-state index contributed by atoms with van der Waals surface area (Å²) in [6.07, 6.45) is 5.49. The lowest BCUT2D eigenvalue weighted by molar-refractivity contribution is 0.165. The first kappa shape index (κ1) is 12.4. The van der Waals surface area contributed by atoms with Crippen LogP contribution in [0.3, 0.4) is 0 Å². The van der Waals surface area contributed by atoms with E-state index in [0.717, 1.165) is 23.9 Å². The smallest absolute Gasteiger partial charge is 0.0124 e. The highest BCUT2D eigenvalue weighted by Crippen LogP contribution is 2.34. The fourth-order valence-electron chi connectivity index (χ4n) is 3.48. The molecule has 1 saturated carbocycles. The third-order valence-electron chi connectivity index (χ3n) is 4.98. The van der Waals surface area contributed by atoms with Gasteiger partial charge in [-0.3, -0.25) is 4.90 Å². The standard InChI is InChI=1S/C14H28N2/c1-4-13-7-9-16(10-8-15-13)14-6-5-11(2)12(14)3/h11-15H,4-10H2,1-3H3. The topological polar surface area (TPSA) is 15.3 Å². The minimum atomic E-state index is 0.763. The summed E-state index contributed by atoms with van der Waals surface area (Å²) in [5.74, 6) is 1.83. The monoisotopic (exact) mass is 224 g/mol. The van der Waals surface area contributed by atoms with Gasteiger partial charge in [-0.2, -0.15) is 0 Å². The van der Waals surface area contributed by atoms with Crippen LogP contribution < -0.4 is 5.32 Å². The Morgan fingerprint density at radius 1 is 1.12 bits per heavy atom. The third kappa shape index (κ3) is 2.60. The van der Waals surface area contributed by atoms with Crippen LogP contribution in [-0.4, -0.2) is 36.6 Å². The average Bonchev–Trinajstić information content (AvgIpc) is 2.55. The van der Waals surface area contributed by atoms with Crippen LogP contribution in [0.2, 0.25) is 0 Å². The molecule has 0 radical (unpaired) electrons. The van der Waals surface area contributed by atoms with Crippen LogP contribution in [-0.2, 0) is 0 Å². The van der Waals surface area contributed by atoms with Gasteiger partial charge < -0.3 is 5.32 Å². The predicted molar refractivity (Wildman–Crippen MR) is 69.6 cm³/mol. The van der Waals surface area contributed by atoms with E-state index in [1.54, 1.807) is 0 Å². The number of hydrogen-bond acceptors (Lipinski definition) is 2. The Morgan fingerprint density at radius 2 is 1.94 bits per heavy atom. The molecule has 0 amide bonds. The van der Waals surface area contributed by atoms with Gasteiger partial charge in [0.05, 0.1) is 0 Å². The number of nitrogens with one attached hydrogen (secondary N) is 1. The normalized spacial score (nSPS) is 42.2. The molecule has 2 heteroatoms. The zero-order valence-corrected chi connectivity index (χ0v) is 11.2. The van der Waals surface area contributed by atoms with E-state index in [4.69, 9.17) is 0 Å². The second kappa shape index (κ2) is 5.50. The van der Waals surface area contributed by atoms with Crippen molar-refractivity contribution in [3.8, 4) is 0 Å². The van der Waals surface area contributed by atoms with E-state index >= 15 is 0 Å². The summed E-state index contributed by atoms with van der Waals surface area (Å²) in [6, 6.07) is 1.63. The van der Waals surface area contributed by atoms with E-state index < -0.39 is 0 Å². The summed E-state index contributed by atoms with van der Waals surface area (Å²) >= 11 is 0. The minimum Gasteiger partial charge on any atom is -0.313 e. The average molecular weight is 224 g/mol. The van der Waals surface area contributed by atoms with Gasteiger partial charge >= 0.3 is 0 Å². The van der Waals surface area contributed by atoms with Crippen LogP contribution in [0.25, 0.3) is 0 Å². The van der Waals surface area contributed by atoms with Crippen LogP contribution in [0.15, 0.2) is 0 Å². The lowest BCUT2D eigenvalue weighted by atomic mass is 9.96. The molecule has 1 aliphatic carbocycles. The molecule has 2 aliphatic rings. The lowest BCUT2D eigenvalue weighted by Crippen LogP contribution is -2.40. The molecule has 4 atom stereocenters. The maximum atomic E-state index is 3.67. The molecular formula is C14H28N2. The largest absolute Gasteiger partial charge is 0.313 e. The maximum absolute atomic E-state index is 3.67. The van der Waals surface area contributed by atoms with Crippen molar-refractivity contribution in [2.45, 2.75) is 58.5 Å². The highest BCUT2D eigenvalue weighted by molar-refractivity contribution is 4.88. The fourth-order valence-corrected chi connectivity index (χ4v) is 3.48. The Bertz CT molecular complexity index is 217. The molecule has 4 unspecified atom stereocenters. The number of rotatable bonds is 2. The Balaban J connectivity index is 1.90. The van der Waals surface area contributed by atoms with Crippen molar-refractivity contribution in [3.63, 3.8) is 0 Å². The Hall–Kier alpha value is -0.0800. The fraction of sp³-hybridized carbons (Fsp3) is 1.00. The molecule has 0 aromatic carbocycles. The molecule has 0 bridgehead atoms. The Labute approximate surface area is 101 Å². The van der Waals surface area contributed by atoms with E-state index in [2.05, 4.69) is 31.0 Å². The van der Waals surface area contributed by atoms with Gasteiger partial charge in [-0.25, -0.2) is 0 Å². The van der Waals surface area contributed by atoms with Crippen molar-refractivity contribution in [2.24, 2.45) is 11.8 Å². The zero-order valence-electron chi connectivity index (χ0n) is 11.2. The van der Waals surface area contributed by atoms with Crippen molar-refractivity contribution >= 4 is 0 Å². The van der Waals surface area contributed by atoms with Crippen molar-refractivity contribution in [1.82, 2.24) is 10.2 Å². The molecular weight excluding hydrogens is 196 g/mol. The van der Waals surface area contributed by atoms with E-state index in [1.807, 2.05) is 0 Å². The van der Waals surface area contributed by atoms with Crippen molar-refractivity contribution in [3.05, 3.63) is 0 Å². The summed E-state index contributed by atoms with van der Waals surface area (Å²) in [5, 5.41) is 3.67. The van der Waals surface area contributed by atoms with Gasteiger partial charge in [0.15, 0.2) is 0 Å².